The van der Waals surface area contributed by atoms with E-state index in [0.29, 0.717) is 11.6 Å². The van der Waals surface area contributed by atoms with E-state index in [2.05, 4.69) is 21.1 Å². The number of carbonyl (C=O) groups is 1. The van der Waals surface area contributed by atoms with Crippen molar-refractivity contribution in [3.8, 4) is 0 Å². The van der Waals surface area contributed by atoms with Crippen LogP contribution in [0, 0.1) is 0 Å². The van der Waals surface area contributed by atoms with Crippen LogP contribution in [0.2, 0.25) is 0 Å². The Morgan fingerprint density at radius 1 is 1.35 bits per heavy atom. The first-order valence-electron chi connectivity index (χ1n) is 7.93. The third-order valence-corrected chi connectivity index (χ3v) is 4.60. The second kappa shape index (κ2) is 5.53. The molecule has 1 N–H and O–H groups in total. The molecule has 3 aromatic rings. The Morgan fingerprint density at radius 2 is 2.26 bits per heavy atom. The molecule has 0 aliphatic carbocycles. The van der Waals surface area contributed by atoms with Crippen molar-refractivity contribution < 1.29 is 4.79 Å². The third-order valence-electron chi connectivity index (χ3n) is 4.60. The van der Waals surface area contributed by atoms with Crippen molar-refractivity contribution in [2.24, 2.45) is 7.05 Å². The molecule has 23 heavy (non-hydrogen) atoms. The van der Waals surface area contributed by atoms with Gasteiger partial charge in [-0.2, -0.15) is 5.10 Å². The normalized spacial score (nSPS) is 18.5. The topological polar surface area (TPSA) is 66.8 Å². The molecule has 1 aliphatic heterocycles. The number of nitrogens with zero attached hydrogens (tertiary/aromatic N) is 4. The summed E-state index contributed by atoms with van der Waals surface area (Å²) in [6, 6.07) is 7.85. The molecule has 0 aromatic carbocycles. The van der Waals surface area contributed by atoms with E-state index < -0.39 is 0 Å². The van der Waals surface area contributed by atoms with Crippen LogP contribution < -0.4 is 0 Å². The highest BCUT2D eigenvalue weighted by molar-refractivity contribution is 5.92. The summed E-state index contributed by atoms with van der Waals surface area (Å²) in [7, 11) is 1.80. The lowest BCUT2D eigenvalue weighted by Gasteiger charge is -2.32. The molecule has 4 rings (SSSR count). The molecule has 6 nitrogen and oxygen atoms in total. The predicted molar refractivity (Wildman–Crippen MR) is 87.2 cm³/mol. The fourth-order valence-electron chi connectivity index (χ4n) is 3.36. The molecule has 118 valence electrons. The van der Waals surface area contributed by atoms with E-state index >= 15 is 0 Å². The maximum Gasteiger partial charge on any atom is 0.272 e. The second-order valence-electron chi connectivity index (χ2n) is 6.09. The van der Waals surface area contributed by atoms with Gasteiger partial charge < -0.3 is 9.88 Å². The zero-order chi connectivity index (χ0) is 15.8. The predicted octanol–water partition coefficient (Wildman–Crippen LogP) is 2.32. The van der Waals surface area contributed by atoms with E-state index in [9.17, 15) is 4.79 Å². The highest BCUT2D eigenvalue weighted by Crippen LogP contribution is 2.29. The van der Waals surface area contributed by atoms with E-state index in [-0.39, 0.29) is 5.91 Å². The Morgan fingerprint density at radius 3 is 3.04 bits per heavy atom. The molecular formula is C17H19N5O. The molecular weight excluding hydrogens is 290 g/mol. The van der Waals surface area contributed by atoms with Gasteiger partial charge in [-0.3, -0.25) is 14.5 Å². The molecule has 0 radical (unpaired) electrons. The number of H-pyrrole nitrogens is 1. The van der Waals surface area contributed by atoms with Gasteiger partial charge in [0.15, 0.2) is 0 Å². The molecule has 4 heterocycles. The number of aromatic nitrogens is 4. The number of hydrogen-bond donors (Lipinski definition) is 1. The first kappa shape index (κ1) is 14.0. The quantitative estimate of drug-likeness (QED) is 0.790. The lowest BCUT2D eigenvalue weighted by molar-refractivity contribution is 0.0695. The van der Waals surface area contributed by atoms with Crippen molar-refractivity contribution in [3.05, 3.63) is 48.0 Å². The Bertz CT molecular complexity index is 816. The van der Waals surface area contributed by atoms with Gasteiger partial charge in [-0.25, -0.2) is 0 Å². The van der Waals surface area contributed by atoms with Crippen molar-refractivity contribution in [2.45, 2.75) is 18.8 Å². The van der Waals surface area contributed by atoms with Crippen LogP contribution in [-0.2, 0) is 7.05 Å². The molecule has 1 atom stereocenters. The third kappa shape index (κ3) is 2.50. The van der Waals surface area contributed by atoms with Gasteiger partial charge in [-0.15, -0.1) is 0 Å². The van der Waals surface area contributed by atoms with Crippen LogP contribution in [-0.4, -0.2) is 43.6 Å². The minimum Gasteiger partial charge on any atom is -0.357 e. The number of likely N-dealkylation sites (tertiary alicyclic amines) is 1. The molecule has 1 saturated heterocycles. The molecule has 0 unspecified atom stereocenters. The van der Waals surface area contributed by atoms with Gasteiger partial charge in [0.2, 0.25) is 0 Å². The molecule has 3 aromatic heterocycles. The number of aryl methyl sites for hydroxylation is 1. The number of carbonyl (C=O) groups excluding carboxylic acids is 1. The van der Waals surface area contributed by atoms with E-state index in [1.807, 2.05) is 17.0 Å². The van der Waals surface area contributed by atoms with Gasteiger partial charge in [-0.1, -0.05) is 0 Å². The van der Waals surface area contributed by atoms with E-state index in [1.165, 1.54) is 5.69 Å². The molecule has 1 aliphatic rings. The van der Waals surface area contributed by atoms with E-state index in [0.717, 1.165) is 37.0 Å². The van der Waals surface area contributed by atoms with Crippen LogP contribution in [0.15, 0.2) is 36.7 Å². The number of nitrogens with one attached hydrogen (secondary N) is 1. The van der Waals surface area contributed by atoms with Crippen molar-refractivity contribution in [1.82, 2.24) is 24.6 Å². The standard InChI is InChI=1S/C17H19N5O/c1-21-16(6-8-19-21)17(23)22-9-3-4-12(11-22)14-10-15-13(20-14)5-2-7-18-15/h2,5-8,10,12,20H,3-4,9,11H2,1H3/t12-/m0/s1. The Balaban J connectivity index is 1.57. The fraction of sp³-hybridized carbons (Fsp3) is 0.353. The van der Waals surface area contributed by atoms with Gasteiger partial charge in [0.05, 0.1) is 11.0 Å². The van der Waals surface area contributed by atoms with Crippen molar-refractivity contribution in [2.75, 3.05) is 13.1 Å². The highest BCUT2D eigenvalue weighted by Gasteiger charge is 2.27. The summed E-state index contributed by atoms with van der Waals surface area (Å²) < 4.78 is 1.64. The van der Waals surface area contributed by atoms with Gasteiger partial charge in [0.1, 0.15) is 5.69 Å². The SMILES string of the molecule is Cn1nccc1C(=O)N1CCC[C@H](c2cc3ncccc3[nH]2)C1. The fourth-order valence-corrected chi connectivity index (χ4v) is 3.36. The maximum absolute atomic E-state index is 12.7. The minimum absolute atomic E-state index is 0.0592. The summed E-state index contributed by atoms with van der Waals surface area (Å²) in [5, 5.41) is 4.09. The summed E-state index contributed by atoms with van der Waals surface area (Å²) >= 11 is 0. The largest absolute Gasteiger partial charge is 0.357 e. The first-order chi connectivity index (χ1) is 11.2. The number of rotatable bonds is 2. The molecule has 6 heteroatoms. The van der Waals surface area contributed by atoms with E-state index in [1.54, 1.807) is 30.2 Å². The van der Waals surface area contributed by atoms with Gasteiger partial charge in [-0.05, 0) is 37.1 Å². The summed E-state index contributed by atoms with van der Waals surface area (Å²) in [5.74, 6) is 0.388. The minimum atomic E-state index is 0.0592. The monoisotopic (exact) mass is 309 g/mol. The molecule has 0 saturated carbocycles. The van der Waals surface area contributed by atoms with Gasteiger partial charge >= 0.3 is 0 Å². The average Bonchev–Trinajstić information content (AvgIpc) is 3.20. The molecule has 0 spiro atoms. The van der Waals surface area contributed by atoms with Crippen LogP contribution in [0.25, 0.3) is 11.0 Å². The molecule has 0 bridgehead atoms. The molecule has 1 amide bonds. The number of aromatic amines is 1. The van der Waals surface area contributed by atoms with E-state index in [4.69, 9.17) is 0 Å². The lowest BCUT2D eigenvalue weighted by atomic mass is 9.94. The van der Waals surface area contributed by atoms with Gasteiger partial charge in [0.25, 0.3) is 5.91 Å². The summed E-state index contributed by atoms with van der Waals surface area (Å²) in [5.41, 5.74) is 3.85. The van der Waals surface area contributed by atoms with Crippen molar-refractivity contribution >= 4 is 16.9 Å². The van der Waals surface area contributed by atoms with Crippen molar-refractivity contribution in [1.29, 1.82) is 0 Å². The van der Waals surface area contributed by atoms with Crippen LogP contribution >= 0.6 is 0 Å². The average molecular weight is 309 g/mol. The summed E-state index contributed by atoms with van der Waals surface area (Å²) in [6.45, 7) is 1.54. The van der Waals surface area contributed by atoms with Gasteiger partial charge in [0, 0.05) is 44.1 Å². The van der Waals surface area contributed by atoms with Crippen LogP contribution in [0.1, 0.15) is 34.9 Å². The van der Waals surface area contributed by atoms with Crippen LogP contribution in [0.4, 0.5) is 0 Å². The number of piperidine rings is 1. The Labute approximate surface area is 134 Å². The first-order valence-corrected chi connectivity index (χ1v) is 7.93. The zero-order valence-corrected chi connectivity index (χ0v) is 13.1. The summed E-state index contributed by atoms with van der Waals surface area (Å²) in [6.07, 6.45) is 5.57. The molecule has 1 fully saturated rings. The highest BCUT2D eigenvalue weighted by atomic mass is 16.2. The number of pyridine rings is 1. The van der Waals surface area contributed by atoms with Crippen LogP contribution in [0.3, 0.4) is 0 Å². The maximum atomic E-state index is 12.7. The van der Waals surface area contributed by atoms with Crippen molar-refractivity contribution in [3.63, 3.8) is 0 Å². The summed E-state index contributed by atoms with van der Waals surface area (Å²) in [4.78, 5) is 22.4. The number of fused-ring (bicyclic) bond motifs is 1. The Hall–Kier alpha value is -2.63. The number of amides is 1. The number of hydrogen-bond acceptors (Lipinski definition) is 3. The smallest absolute Gasteiger partial charge is 0.272 e. The Kier molecular flexibility index (Phi) is 3.37. The lowest BCUT2D eigenvalue weighted by Crippen LogP contribution is -2.40. The van der Waals surface area contributed by atoms with Crippen LogP contribution in [0.5, 0.6) is 0 Å². The zero-order valence-electron chi connectivity index (χ0n) is 13.1. The second-order valence-corrected chi connectivity index (χ2v) is 6.09.